The smallest absolute Gasteiger partial charge is 0.410 e. The lowest BCUT2D eigenvalue weighted by Gasteiger charge is -2.43. The zero-order valence-electron chi connectivity index (χ0n) is 16.0. The first-order valence-electron chi connectivity index (χ1n) is 9.23. The number of rotatable bonds is 5. The Hall–Kier alpha value is -3.16. The normalized spacial score (nSPS) is 16.9. The van der Waals surface area contributed by atoms with Gasteiger partial charge in [0.15, 0.2) is 5.69 Å². The van der Waals surface area contributed by atoms with Crippen LogP contribution in [0.2, 0.25) is 0 Å². The number of carbonyl (C=O) groups excluding carboxylic acids is 1. The molecule has 1 aliphatic rings. The molecule has 28 heavy (non-hydrogen) atoms. The van der Waals surface area contributed by atoms with Gasteiger partial charge in [0.25, 0.3) is 0 Å². The van der Waals surface area contributed by atoms with Crippen molar-refractivity contribution >= 4 is 17.9 Å². The maximum absolute atomic E-state index is 12.6. The highest BCUT2D eigenvalue weighted by Crippen LogP contribution is 2.22. The van der Waals surface area contributed by atoms with Gasteiger partial charge in [-0.25, -0.2) is 19.6 Å². The van der Waals surface area contributed by atoms with Gasteiger partial charge in [-0.15, -0.1) is 0 Å². The average molecular weight is 384 g/mol. The number of nitrogens with zero attached hydrogens (tertiary/aromatic N) is 4. The number of aromatic carboxylic acids is 1. The maximum Gasteiger partial charge on any atom is 0.410 e. The monoisotopic (exact) mass is 384 g/mol. The van der Waals surface area contributed by atoms with E-state index < -0.39 is 5.97 Å². The van der Waals surface area contributed by atoms with Crippen LogP contribution in [0.1, 0.15) is 29.9 Å². The van der Waals surface area contributed by atoms with Gasteiger partial charge in [-0.05, 0) is 11.5 Å². The summed E-state index contributed by atoms with van der Waals surface area (Å²) in [5, 5.41) is 8.96. The summed E-state index contributed by atoms with van der Waals surface area (Å²) in [6, 6.07) is 9.55. The number of hydrogen-bond donors (Lipinski definition) is 1. The molecule has 8 heteroatoms. The predicted molar refractivity (Wildman–Crippen MR) is 103 cm³/mol. The summed E-state index contributed by atoms with van der Waals surface area (Å²) < 4.78 is 5.51. The van der Waals surface area contributed by atoms with Gasteiger partial charge < -0.3 is 19.6 Å². The lowest BCUT2D eigenvalue weighted by Crippen LogP contribution is -2.57. The van der Waals surface area contributed by atoms with Crippen molar-refractivity contribution in [1.82, 2.24) is 14.9 Å². The van der Waals surface area contributed by atoms with Crippen LogP contribution in [-0.2, 0) is 11.3 Å². The third-order valence-electron chi connectivity index (χ3n) is 4.81. The number of hydrogen-bond acceptors (Lipinski definition) is 6. The van der Waals surface area contributed by atoms with Crippen molar-refractivity contribution in [2.45, 2.75) is 26.5 Å². The molecule has 1 aromatic carbocycles. The number of carboxylic acids is 1. The Morgan fingerprint density at radius 3 is 2.54 bits per heavy atom. The molecule has 1 N–H and O–H groups in total. The lowest BCUT2D eigenvalue weighted by atomic mass is 10.00. The second kappa shape index (κ2) is 8.69. The SMILES string of the molecule is CC(C)C1CN(c2cnc(C(=O)O)cn2)CCN1C(=O)OCc1ccccc1. The molecular formula is C20H24N4O4. The molecule has 1 unspecified atom stereocenters. The molecule has 1 aliphatic heterocycles. The molecule has 2 aromatic rings. The van der Waals surface area contributed by atoms with Gasteiger partial charge >= 0.3 is 12.1 Å². The van der Waals surface area contributed by atoms with Crippen LogP contribution in [0, 0.1) is 5.92 Å². The fourth-order valence-corrected chi connectivity index (χ4v) is 3.21. The van der Waals surface area contributed by atoms with Crippen molar-refractivity contribution in [3.8, 4) is 0 Å². The molecule has 1 aromatic heterocycles. The molecule has 1 saturated heterocycles. The molecular weight excluding hydrogens is 360 g/mol. The van der Waals surface area contributed by atoms with Gasteiger partial charge in [0, 0.05) is 19.6 Å². The van der Waals surface area contributed by atoms with Crippen molar-refractivity contribution in [1.29, 1.82) is 0 Å². The first-order valence-corrected chi connectivity index (χ1v) is 9.23. The minimum absolute atomic E-state index is 0.0435. The zero-order chi connectivity index (χ0) is 20.1. The largest absolute Gasteiger partial charge is 0.476 e. The molecule has 148 valence electrons. The van der Waals surface area contributed by atoms with Crippen LogP contribution in [0.5, 0.6) is 0 Å². The summed E-state index contributed by atoms with van der Waals surface area (Å²) in [6.45, 7) is 6.02. The van der Waals surface area contributed by atoms with E-state index in [1.807, 2.05) is 35.2 Å². The van der Waals surface area contributed by atoms with Crippen LogP contribution in [0.4, 0.5) is 10.6 Å². The van der Waals surface area contributed by atoms with E-state index in [1.165, 1.54) is 12.4 Å². The molecule has 2 heterocycles. The topological polar surface area (TPSA) is 95.9 Å². The third kappa shape index (κ3) is 4.57. The predicted octanol–water partition coefficient (Wildman–Crippen LogP) is 2.66. The number of ether oxygens (including phenoxy) is 1. The van der Waals surface area contributed by atoms with Gasteiger partial charge in [-0.3, -0.25) is 0 Å². The molecule has 8 nitrogen and oxygen atoms in total. The van der Waals surface area contributed by atoms with E-state index in [2.05, 4.69) is 23.8 Å². The summed E-state index contributed by atoms with van der Waals surface area (Å²) in [4.78, 5) is 35.5. The molecule has 1 amide bonds. The highest BCUT2D eigenvalue weighted by Gasteiger charge is 2.34. The van der Waals surface area contributed by atoms with E-state index in [1.54, 1.807) is 4.90 Å². The summed E-state index contributed by atoms with van der Waals surface area (Å²) >= 11 is 0. The van der Waals surface area contributed by atoms with Gasteiger partial charge in [-0.2, -0.15) is 0 Å². The van der Waals surface area contributed by atoms with E-state index in [0.717, 1.165) is 5.56 Å². The van der Waals surface area contributed by atoms with Crippen LogP contribution in [-0.4, -0.2) is 57.7 Å². The summed E-state index contributed by atoms with van der Waals surface area (Å²) in [6.07, 6.45) is 2.39. The standard InChI is InChI=1S/C20H24N4O4/c1-14(2)17-12-23(18-11-21-16(10-22-18)19(25)26)8-9-24(17)20(27)28-13-15-6-4-3-5-7-15/h3-7,10-11,14,17H,8-9,12-13H2,1-2H3,(H,25,26). The number of piperazine rings is 1. The number of anilines is 1. The number of carbonyl (C=O) groups is 2. The Morgan fingerprint density at radius 2 is 1.93 bits per heavy atom. The van der Waals surface area contributed by atoms with Crippen LogP contribution >= 0.6 is 0 Å². The number of amides is 1. The minimum Gasteiger partial charge on any atom is -0.476 e. The quantitative estimate of drug-likeness (QED) is 0.846. The maximum atomic E-state index is 12.6. The van der Waals surface area contributed by atoms with Gasteiger partial charge in [0.2, 0.25) is 0 Å². The van der Waals surface area contributed by atoms with Gasteiger partial charge in [0.1, 0.15) is 12.4 Å². The van der Waals surface area contributed by atoms with E-state index in [-0.39, 0.29) is 30.4 Å². The first kappa shape index (κ1) is 19.6. The fourth-order valence-electron chi connectivity index (χ4n) is 3.21. The van der Waals surface area contributed by atoms with Crippen LogP contribution in [0.3, 0.4) is 0 Å². The van der Waals surface area contributed by atoms with Crippen LogP contribution in [0.25, 0.3) is 0 Å². The number of aromatic nitrogens is 2. The van der Waals surface area contributed by atoms with Gasteiger partial charge in [0.05, 0.1) is 18.4 Å². The number of carboxylic acid groups (broad SMARTS) is 1. The van der Waals surface area contributed by atoms with E-state index in [9.17, 15) is 9.59 Å². The third-order valence-corrected chi connectivity index (χ3v) is 4.81. The molecule has 0 radical (unpaired) electrons. The fraction of sp³-hybridized carbons (Fsp3) is 0.400. The molecule has 0 aliphatic carbocycles. The molecule has 1 atom stereocenters. The summed E-state index contributed by atoms with van der Waals surface area (Å²) in [5.74, 6) is -0.281. The van der Waals surface area contributed by atoms with E-state index in [0.29, 0.717) is 25.5 Å². The van der Waals surface area contributed by atoms with Crippen molar-refractivity contribution in [2.75, 3.05) is 24.5 Å². The van der Waals surface area contributed by atoms with Crippen molar-refractivity contribution in [3.63, 3.8) is 0 Å². The van der Waals surface area contributed by atoms with Crippen molar-refractivity contribution < 1.29 is 19.4 Å². The van der Waals surface area contributed by atoms with E-state index in [4.69, 9.17) is 9.84 Å². The average Bonchev–Trinajstić information content (AvgIpc) is 2.72. The second-order valence-corrected chi connectivity index (χ2v) is 7.06. The Balaban J connectivity index is 1.65. The highest BCUT2D eigenvalue weighted by atomic mass is 16.6. The van der Waals surface area contributed by atoms with Gasteiger partial charge in [-0.1, -0.05) is 44.2 Å². The van der Waals surface area contributed by atoms with E-state index >= 15 is 0 Å². The Labute approximate surface area is 163 Å². The molecule has 0 saturated carbocycles. The summed E-state index contributed by atoms with van der Waals surface area (Å²) in [5.41, 5.74) is 0.858. The summed E-state index contributed by atoms with van der Waals surface area (Å²) in [7, 11) is 0. The second-order valence-electron chi connectivity index (χ2n) is 7.06. The molecule has 1 fully saturated rings. The molecule has 0 spiro atoms. The van der Waals surface area contributed by atoms with Crippen LogP contribution < -0.4 is 4.90 Å². The first-order chi connectivity index (χ1) is 13.5. The Bertz CT molecular complexity index is 811. The van der Waals surface area contributed by atoms with Crippen LogP contribution in [0.15, 0.2) is 42.7 Å². The minimum atomic E-state index is -1.11. The van der Waals surface area contributed by atoms with Crippen molar-refractivity contribution in [2.24, 2.45) is 5.92 Å². The highest BCUT2D eigenvalue weighted by molar-refractivity contribution is 5.84. The number of benzene rings is 1. The molecule has 3 rings (SSSR count). The lowest BCUT2D eigenvalue weighted by molar-refractivity contribution is 0.0653. The Morgan fingerprint density at radius 1 is 1.18 bits per heavy atom. The zero-order valence-corrected chi connectivity index (χ0v) is 16.0. The van der Waals surface area contributed by atoms with Crippen molar-refractivity contribution in [3.05, 3.63) is 54.0 Å². The Kier molecular flexibility index (Phi) is 6.08. The molecule has 0 bridgehead atoms.